The van der Waals surface area contributed by atoms with Crippen molar-refractivity contribution in [1.82, 2.24) is 0 Å². The highest BCUT2D eigenvalue weighted by atomic mass is 16.5. The monoisotopic (exact) mass is 294 g/mol. The van der Waals surface area contributed by atoms with Crippen LogP contribution in [-0.2, 0) is 14.3 Å². The van der Waals surface area contributed by atoms with E-state index >= 15 is 0 Å². The Hall–Kier alpha value is -1.79. The molecule has 1 atom stereocenters. The predicted molar refractivity (Wildman–Crippen MR) is 80.4 cm³/mol. The highest BCUT2D eigenvalue weighted by molar-refractivity contribution is 5.91. The van der Waals surface area contributed by atoms with Crippen LogP contribution >= 0.6 is 0 Å². The van der Waals surface area contributed by atoms with Gasteiger partial charge in [-0.05, 0) is 31.0 Å². The Morgan fingerprint density at radius 2 is 2.38 bits per heavy atom. The highest BCUT2D eigenvalue weighted by Gasteiger charge is 2.15. The van der Waals surface area contributed by atoms with Crippen molar-refractivity contribution in [2.24, 2.45) is 0 Å². The van der Waals surface area contributed by atoms with Gasteiger partial charge in [0.1, 0.15) is 5.75 Å². The lowest BCUT2D eigenvalue weighted by molar-refractivity contribution is -0.117. The van der Waals surface area contributed by atoms with Crippen LogP contribution in [0.15, 0.2) is 18.2 Å². The number of methoxy groups -OCH3 is 1. The van der Waals surface area contributed by atoms with E-state index in [1.165, 1.54) is 0 Å². The largest absolute Gasteiger partial charge is 0.495 e. The fraction of sp³-hybridized carbons (Fsp3) is 0.533. The van der Waals surface area contributed by atoms with Crippen molar-refractivity contribution < 1.29 is 19.0 Å². The average molecular weight is 294 g/mol. The first-order chi connectivity index (χ1) is 10.2. The Bertz CT molecular complexity index is 473. The molecule has 1 unspecified atom stereocenters. The van der Waals surface area contributed by atoms with Crippen molar-refractivity contribution >= 4 is 17.3 Å². The van der Waals surface area contributed by atoms with E-state index in [4.69, 9.17) is 19.9 Å². The highest BCUT2D eigenvalue weighted by Crippen LogP contribution is 2.24. The minimum Gasteiger partial charge on any atom is -0.495 e. The second-order valence-corrected chi connectivity index (χ2v) is 4.96. The number of benzene rings is 1. The van der Waals surface area contributed by atoms with Gasteiger partial charge in [0, 0.05) is 12.3 Å². The molecule has 1 aliphatic heterocycles. The second kappa shape index (κ2) is 7.85. The van der Waals surface area contributed by atoms with Gasteiger partial charge in [0.15, 0.2) is 0 Å². The third-order valence-corrected chi connectivity index (χ3v) is 3.31. The summed E-state index contributed by atoms with van der Waals surface area (Å²) in [6, 6.07) is 5.14. The molecular formula is C15H22N2O4. The van der Waals surface area contributed by atoms with Crippen LogP contribution in [0.1, 0.15) is 19.3 Å². The SMILES string of the molecule is COc1ccc(NC(=O)CCOCC2CCCO2)cc1N. The van der Waals surface area contributed by atoms with Crippen molar-refractivity contribution in [2.75, 3.05) is 38.0 Å². The molecule has 3 N–H and O–H groups in total. The molecule has 1 aromatic rings. The first kappa shape index (κ1) is 15.6. The van der Waals surface area contributed by atoms with Gasteiger partial charge in [0.25, 0.3) is 0 Å². The molecule has 1 amide bonds. The number of anilines is 2. The van der Waals surface area contributed by atoms with Crippen molar-refractivity contribution in [1.29, 1.82) is 0 Å². The number of carbonyl (C=O) groups excluding carboxylic acids is 1. The molecule has 1 aromatic carbocycles. The second-order valence-electron chi connectivity index (χ2n) is 4.96. The van der Waals surface area contributed by atoms with Gasteiger partial charge in [-0.15, -0.1) is 0 Å². The van der Waals surface area contributed by atoms with Crippen molar-refractivity contribution in [3.63, 3.8) is 0 Å². The summed E-state index contributed by atoms with van der Waals surface area (Å²) in [6.07, 6.45) is 2.62. The number of hydrogen-bond donors (Lipinski definition) is 2. The van der Waals surface area contributed by atoms with E-state index in [2.05, 4.69) is 5.32 Å². The van der Waals surface area contributed by atoms with Crippen LogP contribution in [0.5, 0.6) is 5.75 Å². The third-order valence-electron chi connectivity index (χ3n) is 3.31. The molecule has 0 aromatic heterocycles. The molecule has 6 nitrogen and oxygen atoms in total. The number of nitrogens with two attached hydrogens (primary N) is 1. The summed E-state index contributed by atoms with van der Waals surface area (Å²) in [4.78, 5) is 11.8. The van der Waals surface area contributed by atoms with E-state index in [0.717, 1.165) is 19.4 Å². The zero-order valence-corrected chi connectivity index (χ0v) is 12.3. The van der Waals surface area contributed by atoms with Crippen LogP contribution in [0, 0.1) is 0 Å². The number of nitrogen functional groups attached to an aromatic ring is 1. The quantitative estimate of drug-likeness (QED) is 0.592. The van der Waals surface area contributed by atoms with Gasteiger partial charge in [0.05, 0.1) is 38.5 Å². The summed E-state index contributed by atoms with van der Waals surface area (Å²) >= 11 is 0. The van der Waals surface area contributed by atoms with Crippen molar-refractivity contribution in [3.8, 4) is 5.75 Å². The van der Waals surface area contributed by atoms with E-state index in [-0.39, 0.29) is 12.0 Å². The molecule has 1 fully saturated rings. The number of rotatable bonds is 7. The van der Waals surface area contributed by atoms with Crippen LogP contribution in [0.25, 0.3) is 0 Å². The summed E-state index contributed by atoms with van der Waals surface area (Å²) < 4.78 is 16.0. The van der Waals surface area contributed by atoms with E-state index in [1.54, 1.807) is 25.3 Å². The van der Waals surface area contributed by atoms with E-state index in [1.807, 2.05) is 0 Å². The molecule has 0 bridgehead atoms. The molecule has 0 radical (unpaired) electrons. The minimum absolute atomic E-state index is 0.105. The summed E-state index contributed by atoms with van der Waals surface area (Å²) in [5.41, 5.74) is 6.93. The summed E-state index contributed by atoms with van der Waals surface area (Å²) in [7, 11) is 1.55. The fourth-order valence-electron chi connectivity index (χ4n) is 2.19. The third kappa shape index (κ3) is 4.91. The Morgan fingerprint density at radius 1 is 1.52 bits per heavy atom. The number of nitrogens with one attached hydrogen (secondary N) is 1. The maximum Gasteiger partial charge on any atom is 0.226 e. The number of carbonyl (C=O) groups is 1. The summed E-state index contributed by atoms with van der Waals surface area (Å²) in [5.74, 6) is 0.486. The first-order valence-corrected chi connectivity index (χ1v) is 7.11. The van der Waals surface area contributed by atoms with Gasteiger partial charge in [-0.25, -0.2) is 0 Å². The molecule has 0 saturated carbocycles. The van der Waals surface area contributed by atoms with Crippen LogP contribution in [0.4, 0.5) is 11.4 Å². The lowest BCUT2D eigenvalue weighted by Gasteiger charge is -2.11. The molecule has 6 heteroatoms. The number of ether oxygens (including phenoxy) is 3. The first-order valence-electron chi connectivity index (χ1n) is 7.11. The summed E-state index contributed by atoms with van der Waals surface area (Å²) in [6.45, 7) is 1.76. The topological polar surface area (TPSA) is 82.8 Å². The van der Waals surface area contributed by atoms with Gasteiger partial charge in [-0.3, -0.25) is 4.79 Å². The van der Waals surface area contributed by atoms with Gasteiger partial charge >= 0.3 is 0 Å². The normalized spacial score (nSPS) is 17.7. The zero-order chi connectivity index (χ0) is 15.1. The Balaban J connectivity index is 1.67. The predicted octanol–water partition coefficient (Wildman–Crippen LogP) is 1.80. The molecular weight excluding hydrogens is 272 g/mol. The minimum atomic E-state index is -0.105. The molecule has 0 aliphatic carbocycles. The Labute approximate surface area is 124 Å². The average Bonchev–Trinajstić information content (AvgIpc) is 2.97. The Morgan fingerprint density at radius 3 is 3.05 bits per heavy atom. The lowest BCUT2D eigenvalue weighted by Crippen LogP contribution is -2.18. The molecule has 1 heterocycles. The Kier molecular flexibility index (Phi) is 5.83. The van der Waals surface area contributed by atoms with Gasteiger partial charge in [-0.1, -0.05) is 0 Å². The van der Waals surface area contributed by atoms with Crippen LogP contribution in [0.3, 0.4) is 0 Å². The zero-order valence-electron chi connectivity index (χ0n) is 12.3. The molecule has 116 valence electrons. The smallest absolute Gasteiger partial charge is 0.226 e. The fourth-order valence-corrected chi connectivity index (χ4v) is 2.19. The molecule has 0 spiro atoms. The molecule has 21 heavy (non-hydrogen) atoms. The van der Waals surface area contributed by atoms with Crippen molar-refractivity contribution in [3.05, 3.63) is 18.2 Å². The van der Waals surface area contributed by atoms with Gasteiger partial charge in [0.2, 0.25) is 5.91 Å². The van der Waals surface area contributed by atoms with Crippen LogP contribution in [-0.4, -0.2) is 38.9 Å². The number of amides is 1. The van der Waals surface area contributed by atoms with Gasteiger partial charge in [-0.2, -0.15) is 0 Å². The molecule has 2 rings (SSSR count). The van der Waals surface area contributed by atoms with Gasteiger partial charge < -0.3 is 25.3 Å². The standard InChI is InChI=1S/C15H22N2O4/c1-19-14-5-4-11(9-13(14)16)17-15(18)6-8-20-10-12-3-2-7-21-12/h4-5,9,12H,2-3,6-8,10,16H2,1H3,(H,17,18). The molecule has 1 aliphatic rings. The molecule has 1 saturated heterocycles. The van der Waals surface area contributed by atoms with Crippen LogP contribution in [0.2, 0.25) is 0 Å². The lowest BCUT2D eigenvalue weighted by atomic mass is 10.2. The van der Waals surface area contributed by atoms with E-state index in [9.17, 15) is 4.79 Å². The maximum atomic E-state index is 11.8. The summed E-state index contributed by atoms with van der Waals surface area (Å²) in [5, 5.41) is 2.78. The van der Waals surface area contributed by atoms with E-state index < -0.39 is 0 Å². The van der Waals surface area contributed by atoms with Crippen LogP contribution < -0.4 is 15.8 Å². The van der Waals surface area contributed by atoms with E-state index in [0.29, 0.717) is 36.8 Å². The number of hydrogen-bond acceptors (Lipinski definition) is 5. The maximum absolute atomic E-state index is 11.8. The van der Waals surface area contributed by atoms with Crippen molar-refractivity contribution in [2.45, 2.75) is 25.4 Å².